The van der Waals surface area contributed by atoms with Gasteiger partial charge in [-0.2, -0.15) is 0 Å². The molecule has 6 rings (SSSR count). The predicted molar refractivity (Wildman–Crippen MR) is 139 cm³/mol. The Morgan fingerprint density at radius 2 is 1.75 bits per heavy atom. The standard InChI is InChI=1S/C28H29N5O3/c1-19(26(34)30-16-15-21-11-5-8-14-23(21)30)33-27(35)24-25(29-18-32(24)22-12-6-7-13-22)31(28(33)36)17-20-9-3-2-4-10-20/h2-5,8-11,14,18-19,22H,6-7,12-13,15-17H2,1H3/t19-/m0/s1. The van der Waals surface area contributed by atoms with Crippen molar-refractivity contribution in [1.82, 2.24) is 18.7 Å². The normalized spacial score (nSPS) is 16.5. The molecule has 1 amide bonds. The zero-order valence-electron chi connectivity index (χ0n) is 20.3. The third-order valence-electron chi connectivity index (χ3n) is 7.69. The summed E-state index contributed by atoms with van der Waals surface area (Å²) in [4.78, 5) is 47.7. The van der Waals surface area contributed by atoms with Crippen molar-refractivity contribution in [2.24, 2.45) is 0 Å². The first kappa shape index (κ1) is 22.5. The number of anilines is 1. The van der Waals surface area contributed by atoms with Crippen molar-refractivity contribution in [1.29, 1.82) is 0 Å². The molecule has 8 nitrogen and oxygen atoms in total. The maximum Gasteiger partial charge on any atom is 0.333 e. The highest BCUT2D eigenvalue weighted by atomic mass is 16.2. The minimum absolute atomic E-state index is 0.176. The Labute approximate surface area is 208 Å². The molecule has 36 heavy (non-hydrogen) atoms. The Balaban J connectivity index is 1.51. The Kier molecular flexibility index (Phi) is 5.59. The lowest BCUT2D eigenvalue weighted by molar-refractivity contribution is -0.121. The van der Waals surface area contributed by atoms with Crippen LogP contribution in [0.15, 0.2) is 70.5 Å². The first-order valence-electron chi connectivity index (χ1n) is 12.7. The fourth-order valence-electron chi connectivity index (χ4n) is 5.79. The summed E-state index contributed by atoms with van der Waals surface area (Å²) >= 11 is 0. The molecule has 1 fully saturated rings. The van der Waals surface area contributed by atoms with Crippen molar-refractivity contribution >= 4 is 22.8 Å². The molecule has 0 saturated heterocycles. The quantitative estimate of drug-likeness (QED) is 0.434. The number of nitrogens with zero attached hydrogens (tertiary/aromatic N) is 5. The molecule has 0 N–H and O–H groups in total. The number of carbonyl (C=O) groups is 1. The molecule has 3 heterocycles. The summed E-state index contributed by atoms with van der Waals surface area (Å²) in [7, 11) is 0. The lowest BCUT2D eigenvalue weighted by Crippen LogP contribution is -2.47. The molecular weight excluding hydrogens is 454 g/mol. The monoisotopic (exact) mass is 483 g/mol. The number of aromatic nitrogens is 4. The number of hydrogen-bond donors (Lipinski definition) is 0. The summed E-state index contributed by atoms with van der Waals surface area (Å²) < 4.78 is 4.62. The Hall–Kier alpha value is -3.94. The van der Waals surface area contributed by atoms with Crippen LogP contribution >= 0.6 is 0 Å². The van der Waals surface area contributed by atoms with Crippen LogP contribution < -0.4 is 16.1 Å². The summed E-state index contributed by atoms with van der Waals surface area (Å²) in [6, 6.07) is 16.7. The Bertz CT molecular complexity index is 1560. The molecule has 2 aromatic heterocycles. The number of benzene rings is 2. The third kappa shape index (κ3) is 3.59. The molecule has 1 saturated carbocycles. The number of imidazole rings is 1. The number of para-hydroxylation sites is 1. The molecule has 0 spiro atoms. The van der Waals surface area contributed by atoms with Crippen LogP contribution in [0.2, 0.25) is 0 Å². The van der Waals surface area contributed by atoms with Crippen molar-refractivity contribution in [3.8, 4) is 0 Å². The van der Waals surface area contributed by atoms with Crippen LogP contribution in [0.4, 0.5) is 5.69 Å². The molecule has 8 heteroatoms. The van der Waals surface area contributed by atoms with Crippen LogP contribution in [0, 0.1) is 0 Å². The highest BCUT2D eigenvalue weighted by Gasteiger charge is 2.32. The first-order chi connectivity index (χ1) is 17.5. The van der Waals surface area contributed by atoms with Gasteiger partial charge in [0.15, 0.2) is 11.2 Å². The number of hydrogen-bond acceptors (Lipinski definition) is 4. The second-order valence-electron chi connectivity index (χ2n) is 9.84. The van der Waals surface area contributed by atoms with Gasteiger partial charge in [0, 0.05) is 18.3 Å². The molecule has 1 atom stereocenters. The van der Waals surface area contributed by atoms with Crippen LogP contribution in [0.3, 0.4) is 0 Å². The zero-order valence-corrected chi connectivity index (χ0v) is 20.3. The van der Waals surface area contributed by atoms with Crippen molar-refractivity contribution in [3.05, 3.63) is 92.9 Å². The van der Waals surface area contributed by atoms with Gasteiger partial charge < -0.3 is 9.47 Å². The number of rotatable bonds is 5. The predicted octanol–water partition coefficient (Wildman–Crippen LogP) is 3.67. The number of carbonyl (C=O) groups excluding carboxylic acids is 1. The van der Waals surface area contributed by atoms with Gasteiger partial charge >= 0.3 is 5.69 Å². The van der Waals surface area contributed by atoms with Crippen LogP contribution in [-0.4, -0.2) is 31.1 Å². The molecule has 0 unspecified atom stereocenters. The number of amides is 1. The van der Waals surface area contributed by atoms with Gasteiger partial charge in [-0.05, 0) is 43.4 Å². The largest absolute Gasteiger partial charge is 0.333 e. The SMILES string of the molecule is C[C@@H](C(=O)N1CCc2ccccc21)n1c(=O)c2c(ncn2C2CCCC2)n(Cc2ccccc2)c1=O. The minimum atomic E-state index is -0.950. The number of fused-ring (bicyclic) bond motifs is 2. The summed E-state index contributed by atoms with van der Waals surface area (Å²) in [5, 5.41) is 0. The molecule has 0 radical (unpaired) electrons. The Morgan fingerprint density at radius 3 is 2.53 bits per heavy atom. The Morgan fingerprint density at radius 1 is 1.03 bits per heavy atom. The van der Waals surface area contributed by atoms with Gasteiger partial charge in [-0.1, -0.05) is 61.4 Å². The smallest absolute Gasteiger partial charge is 0.322 e. The van der Waals surface area contributed by atoms with Gasteiger partial charge in [-0.15, -0.1) is 0 Å². The van der Waals surface area contributed by atoms with Gasteiger partial charge in [0.1, 0.15) is 6.04 Å². The maximum atomic E-state index is 13.9. The lowest BCUT2D eigenvalue weighted by atomic mass is 10.2. The highest BCUT2D eigenvalue weighted by Crippen LogP contribution is 2.32. The van der Waals surface area contributed by atoms with E-state index in [1.807, 2.05) is 59.2 Å². The maximum absolute atomic E-state index is 13.9. The van der Waals surface area contributed by atoms with Crippen molar-refractivity contribution < 1.29 is 4.79 Å². The van der Waals surface area contributed by atoms with Crippen molar-refractivity contribution in [2.75, 3.05) is 11.4 Å². The van der Waals surface area contributed by atoms with E-state index in [9.17, 15) is 14.4 Å². The molecule has 1 aliphatic heterocycles. The first-order valence-corrected chi connectivity index (χ1v) is 12.7. The van der Waals surface area contributed by atoms with Crippen LogP contribution in [0.5, 0.6) is 0 Å². The lowest BCUT2D eigenvalue weighted by Gasteiger charge is -2.23. The zero-order chi connectivity index (χ0) is 24.8. The molecule has 1 aliphatic carbocycles. The average Bonchev–Trinajstić information content (AvgIpc) is 3.66. The van der Waals surface area contributed by atoms with E-state index in [1.165, 1.54) is 0 Å². The van der Waals surface area contributed by atoms with E-state index in [1.54, 1.807) is 22.7 Å². The second-order valence-corrected chi connectivity index (χ2v) is 9.84. The van der Waals surface area contributed by atoms with Crippen molar-refractivity contribution in [2.45, 2.75) is 57.7 Å². The second kappa shape index (κ2) is 8.93. The van der Waals surface area contributed by atoms with E-state index >= 15 is 0 Å². The van der Waals surface area contributed by atoms with Gasteiger partial charge in [0.2, 0.25) is 5.91 Å². The third-order valence-corrected chi connectivity index (χ3v) is 7.69. The minimum Gasteiger partial charge on any atom is -0.322 e. The van der Waals surface area contributed by atoms with Crippen molar-refractivity contribution in [3.63, 3.8) is 0 Å². The molecule has 184 valence electrons. The van der Waals surface area contributed by atoms with Gasteiger partial charge in [-0.25, -0.2) is 14.3 Å². The van der Waals surface area contributed by atoms with Crippen LogP contribution in [0.25, 0.3) is 11.2 Å². The topological polar surface area (TPSA) is 82.1 Å². The molecular formula is C28H29N5O3. The van der Waals surface area contributed by atoms with E-state index in [2.05, 4.69) is 4.98 Å². The van der Waals surface area contributed by atoms with Gasteiger partial charge in [-0.3, -0.25) is 14.2 Å². The fraction of sp³-hybridized carbons (Fsp3) is 0.357. The fourth-order valence-corrected chi connectivity index (χ4v) is 5.79. The van der Waals surface area contributed by atoms with Gasteiger partial charge in [0.25, 0.3) is 5.56 Å². The van der Waals surface area contributed by atoms with E-state index < -0.39 is 17.3 Å². The average molecular weight is 484 g/mol. The summed E-state index contributed by atoms with van der Waals surface area (Å²) in [6.45, 7) is 2.46. The summed E-state index contributed by atoms with van der Waals surface area (Å²) in [6.07, 6.45) is 6.60. The van der Waals surface area contributed by atoms with E-state index in [4.69, 9.17) is 0 Å². The summed E-state index contributed by atoms with van der Waals surface area (Å²) in [5.74, 6) is -0.253. The van der Waals surface area contributed by atoms with E-state index in [0.717, 1.165) is 53.5 Å². The van der Waals surface area contributed by atoms with E-state index in [-0.39, 0.29) is 18.5 Å². The van der Waals surface area contributed by atoms with E-state index in [0.29, 0.717) is 17.7 Å². The molecule has 0 bridgehead atoms. The molecule has 2 aromatic carbocycles. The van der Waals surface area contributed by atoms with Crippen LogP contribution in [-0.2, 0) is 17.8 Å². The molecule has 2 aliphatic rings. The highest BCUT2D eigenvalue weighted by molar-refractivity contribution is 5.97. The van der Waals surface area contributed by atoms with Crippen LogP contribution in [0.1, 0.15) is 55.8 Å². The summed E-state index contributed by atoms with van der Waals surface area (Å²) in [5.41, 5.74) is 2.69. The molecule has 4 aromatic rings. The van der Waals surface area contributed by atoms with Gasteiger partial charge in [0.05, 0.1) is 12.9 Å².